The average molecular weight is 178 g/mol. The van der Waals surface area contributed by atoms with E-state index in [0.717, 1.165) is 19.0 Å². The molecule has 0 aromatic rings. The third-order valence-electron chi connectivity index (χ3n) is 2.48. The van der Waals surface area contributed by atoms with Gasteiger partial charge in [-0.3, -0.25) is 0 Å². The second-order valence-electron chi connectivity index (χ2n) is 3.84. The minimum absolute atomic E-state index is 0.138. The van der Waals surface area contributed by atoms with E-state index < -0.39 is 0 Å². The van der Waals surface area contributed by atoms with E-state index in [1.54, 1.807) is 0 Å². The number of hydrogen-bond acceptors (Lipinski definition) is 2. The quantitative estimate of drug-likeness (QED) is 0.669. The first-order valence-corrected chi connectivity index (χ1v) is 5.08. The Morgan fingerprint density at radius 3 is 3.08 bits per heavy atom. The van der Waals surface area contributed by atoms with Crippen molar-refractivity contribution in [1.82, 2.24) is 5.32 Å². The van der Waals surface area contributed by atoms with Crippen LogP contribution in [0.15, 0.2) is 12.2 Å². The normalized spacial score (nSPS) is 23.8. The number of nitrogens with one attached hydrogen (secondary N) is 1. The topological polar surface area (TPSA) is 35.8 Å². The molecule has 1 N–H and O–H groups in total. The van der Waals surface area contributed by atoms with E-state index >= 15 is 0 Å². The van der Waals surface area contributed by atoms with Crippen LogP contribution in [0.25, 0.3) is 0 Å². The van der Waals surface area contributed by atoms with Crippen LogP contribution < -0.4 is 5.32 Å². The lowest BCUT2D eigenvalue weighted by Gasteiger charge is -2.18. The minimum Gasteiger partial charge on any atom is -0.315 e. The Bertz CT molecular complexity index is 203. The van der Waals surface area contributed by atoms with E-state index in [-0.39, 0.29) is 5.92 Å². The van der Waals surface area contributed by atoms with Gasteiger partial charge in [0, 0.05) is 6.54 Å². The molecule has 1 aliphatic carbocycles. The van der Waals surface area contributed by atoms with Gasteiger partial charge in [0.05, 0.1) is 12.0 Å². The van der Waals surface area contributed by atoms with Gasteiger partial charge in [-0.2, -0.15) is 5.26 Å². The van der Waals surface area contributed by atoms with Crippen molar-refractivity contribution in [2.75, 3.05) is 13.1 Å². The predicted molar refractivity (Wildman–Crippen MR) is 54.1 cm³/mol. The molecule has 0 heterocycles. The maximum Gasteiger partial charge on any atom is 0.0666 e. The van der Waals surface area contributed by atoms with Gasteiger partial charge in [-0.1, -0.05) is 12.2 Å². The van der Waals surface area contributed by atoms with Crippen molar-refractivity contribution < 1.29 is 0 Å². The van der Waals surface area contributed by atoms with Gasteiger partial charge in [-0.25, -0.2) is 0 Å². The molecular formula is C11H18N2. The monoisotopic (exact) mass is 178 g/mol. The van der Waals surface area contributed by atoms with Gasteiger partial charge < -0.3 is 5.32 Å². The molecule has 0 saturated carbocycles. The van der Waals surface area contributed by atoms with Crippen molar-refractivity contribution in [3.05, 3.63) is 12.2 Å². The van der Waals surface area contributed by atoms with Crippen LogP contribution in [0.3, 0.4) is 0 Å². The van der Waals surface area contributed by atoms with Crippen molar-refractivity contribution in [2.24, 2.45) is 11.8 Å². The summed E-state index contributed by atoms with van der Waals surface area (Å²) in [7, 11) is 0. The molecule has 0 spiro atoms. The van der Waals surface area contributed by atoms with E-state index in [0.29, 0.717) is 0 Å². The smallest absolute Gasteiger partial charge is 0.0666 e. The average Bonchev–Trinajstić information content (AvgIpc) is 2.19. The van der Waals surface area contributed by atoms with Gasteiger partial charge in [-0.15, -0.1) is 0 Å². The van der Waals surface area contributed by atoms with Gasteiger partial charge in [0.2, 0.25) is 0 Å². The molecule has 2 atom stereocenters. The van der Waals surface area contributed by atoms with Gasteiger partial charge >= 0.3 is 0 Å². The molecule has 0 saturated heterocycles. The summed E-state index contributed by atoms with van der Waals surface area (Å²) in [5.74, 6) is 0.926. The summed E-state index contributed by atoms with van der Waals surface area (Å²) in [4.78, 5) is 0. The van der Waals surface area contributed by atoms with Crippen LogP contribution in [0, 0.1) is 23.2 Å². The molecule has 2 nitrogen and oxygen atoms in total. The maximum atomic E-state index is 8.57. The SMILES string of the molecule is CC(C#N)CNCC1CC=CCC1. The number of nitriles is 1. The molecule has 0 aromatic carbocycles. The van der Waals surface area contributed by atoms with Gasteiger partial charge in [0.1, 0.15) is 0 Å². The molecule has 0 bridgehead atoms. The first kappa shape index (κ1) is 10.3. The molecule has 0 fully saturated rings. The minimum atomic E-state index is 0.138. The molecular weight excluding hydrogens is 160 g/mol. The molecule has 1 rings (SSSR count). The van der Waals surface area contributed by atoms with Crippen LogP contribution in [-0.2, 0) is 0 Å². The Balaban J connectivity index is 2.06. The Kier molecular flexibility index (Phi) is 4.56. The second kappa shape index (κ2) is 5.77. The molecule has 1 aliphatic rings. The van der Waals surface area contributed by atoms with Crippen molar-refractivity contribution in [3.63, 3.8) is 0 Å². The van der Waals surface area contributed by atoms with Crippen molar-refractivity contribution in [2.45, 2.75) is 26.2 Å². The van der Waals surface area contributed by atoms with Gasteiger partial charge in [-0.05, 0) is 38.6 Å². The zero-order valence-electron chi connectivity index (χ0n) is 8.29. The van der Waals surface area contributed by atoms with Crippen LogP contribution in [-0.4, -0.2) is 13.1 Å². The Morgan fingerprint density at radius 2 is 2.46 bits per heavy atom. The van der Waals surface area contributed by atoms with Crippen molar-refractivity contribution >= 4 is 0 Å². The number of nitrogens with zero attached hydrogens (tertiary/aromatic N) is 1. The summed E-state index contributed by atoms with van der Waals surface area (Å²) in [6.07, 6.45) is 8.25. The van der Waals surface area contributed by atoms with E-state index in [2.05, 4.69) is 23.5 Å². The van der Waals surface area contributed by atoms with Crippen LogP contribution in [0.2, 0.25) is 0 Å². The molecule has 0 radical (unpaired) electrons. The van der Waals surface area contributed by atoms with E-state index in [1.807, 2.05) is 6.92 Å². The Labute approximate surface area is 80.6 Å². The number of hydrogen-bond donors (Lipinski definition) is 1. The molecule has 0 amide bonds. The van der Waals surface area contributed by atoms with Crippen molar-refractivity contribution in [1.29, 1.82) is 5.26 Å². The fourth-order valence-corrected chi connectivity index (χ4v) is 1.59. The summed E-state index contributed by atoms with van der Waals surface area (Å²) < 4.78 is 0. The predicted octanol–water partition coefficient (Wildman–Crippen LogP) is 2.09. The first-order chi connectivity index (χ1) is 6.33. The number of rotatable bonds is 4. The first-order valence-electron chi connectivity index (χ1n) is 5.08. The molecule has 0 aromatic heterocycles. The highest BCUT2D eigenvalue weighted by atomic mass is 14.9. The van der Waals surface area contributed by atoms with E-state index in [9.17, 15) is 0 Å². The lowest BCUT2D eigenvalue weighted by molar-refractivity contribution is 0.431. The largest absolute Gasteiger partial charge is 0.315 e. The fourth-order valence-electron chi connectivity index (χ4n) is 1.59. The van der Waals surface area contributed by atoms with E-state index in [4.69, 9.17) is 5.26 Å². The Hall–Kier alpha value is -0.810. The highest BCUT2D eigenvalue weighted by Crippen LogP contribution is 2.16. The molecule has 2 heteroatoms. The summed E-state index contributed by atoms with van der Waals surface area (Å²) in [5, 5.41) is 11.9. The lowest BCUT2D eigenvalue weighted by Crippen LogP contribution is -2.27. The zero-order valence-corrected chi connectivity index (χ0v) is 8.29. The molecule has 13 heavy (non-hydrogen) atoms. The van der Waals surface area contributed by atoms with Gasteiger partial charge in [0.25, 0.3) is 0 Å². The highest BCUT2D eigenvalue weighted by molar-refractivity contribution is 4.90. The summed E-state index contributed by atoms with van der Waals surface area (Å²) in [6, 6.07) is 2.23. The summed E-state index contributed by atoms with van der Waals surface area (Å²) in [5.41, 5.74) is 0. The van der Waals surface area contributed by atoms with Crippen molar-refractivity contribution in [3.8, 4) is 6.07 Å². The molecule has 0 aliphatic heterocycles. The highest BCUT2D eigenvalue weighted by Gasteiger charge is 2.09. The fraction of sp³-hybridized carbons (Fsp3) is 0.727. The maximum absolute atomic E-state index is 8.57. The summed E-state index contributed by atoms with van der Waals surface area (Å²) >= 11 is 0. The van der Waals surface area contributed by atoms with Crippen LogP contribution in [0.5, 0.6) is 0 Å². The van der Waals surface area contributed by atoms with Crippen LogP contribution in [0.4, 0.5) is 0 Å². The molecule has 2 unspecified atom stereocenters. The molecule has 72 valence electrons. The third-order valence-corrected chi connectivity index (χ3v) is 2.48. The Morgan fingerprint density at radius 1 is 1.62 bits per heavy atom. The zero-order chi connectivity index (χ0) is 9.52. The summed E-state index contributed by atoms with van der Waals surface area (Å²) in [6.45, 7) is 3.85. The number of allylic oxidation sites excluding steroid dienone is 2. The van der Waals surface area contributed by atoms with Crippen LogP contribution in [0.1, 0.15) is 26.2 Å². The second-order valence-corrected chi connectivity index (χ2v) is 3.84. The standard InChI is InChI=1S/C11H18N2/c1-10(7-12)8-13-9-11-5-3-2-4-6-11/h2-3,10-11,13H,4-6,8-9H2,1H3. The van der Waals surface area contributed by atoms with E-state index in [1.165, 1.54) is 19.3 Å². The third kappa shape index (κ3) is 4.10. The lowest BCUT2D eigenvalue weighted by atomic mass is 9.94. The van der Waals surface area contributed by atoms with Gasteiger partial charge in [0.15, 0.2) is 0 Å². The van der Waals surface area contributed by atoms with Crippen LogP contribution >= 0.6 is 0 Å².